The first-order valence-electron chi connectivity index (χ1n) is 9.02. The molecule has 3 rings (SSSR count). The molecule has 0 saturated heterocycles. The molecule has 0 saturated carbocycles. The van der Waals surface area contributed by atoms with Gasteiger partial charge in [0.1, 0.15) is 11.6 Å². The number of hydrogen-bond donors (Lipinski definition) is 2. The summed E-state index contributed by atoms with van der Waals surface area (Å²) in [5, 5.41) is 6.76. The van der Waals surface area contributed by atoms with Crippen LogP contribution in [0.3, 0.4) is 0 Å². The van der Waals surface area contributed by atoms with Gasteiger partial charge in [-0.1, -0.05) is 29.8 Å². The Balaban J connectivity index is 1.76. The van der Waals surface area contributed by atoms with Gasteiger partial charge in [0.15, 0.2) is 0 Å². The van der Waals surface area contributed by atoms with Gasteiger partial charge in [0.05, 0.1) is 7.11 Å². The maximum atomic E-state index is 5.20. The molecule has 0 radical (unpaired) electrons. The predicted octanol–water partition coefficient (Wildman–Crippen LogP) is 5.07. The number of hydrogen-bond acceptors (Lipinski definition) is 5. The van der Waals surface area contributed by atoms with Crippen LogP contribution in [0.2, 0.25) is 0 Å². The third-order valence-electron chi connectivity index (χ3n) is 4.40. The number of anilines is 3. The van der Waals surface area contributed by atoms with Crippen LogP contribution in [0.15, 0.2) is 42.5 Å². The molecule has 0 aliphatic carbocycles. The van der Waals surface area contributed by atoms with Crippen LogP contribution < -0.4 is 15.4 Å². The summed E-state index contributed by atoms with van der Waals surface area (Å²) in [5.74, 6) is 2.25. The zero-order chi connectivity index (χ0) is 19.4. The second-order valence-electron chi connectivity index (χ2n) is 6.82. The Kier molecular flexibility index (Phi) is 5.60. The lowest BCUT2D eigenvalue weighted by atomic mass is 10.1. The molecule has 5 heteroatoms. The van der Waals surface area contributed by atoms with E-state index >= 15 is 0 Å². The molecule has 0 unspecified atom stereocenters. The number of nitrogens with one attached hydrogen (secondary N) is 2. The van der Waals surface area contributed by atoms with Gasteiger partial charge >= 0.3 is 0 Å². The van der Waals surface area contributed by atoms with E-state index in [1.54, 1.807) is 7.11 Å². The molecule has 140 valence electrons. The van der Waals surface area contributed by atoms with E-state index in [9.17, 15) is 0 Å². The highest BCUT2D eigenvalue weighted by atomic mass is 16.5. The van der Waals surface area contributed by atoms with Crippen LogP contribution in [0.5, 0.6) is 5.75 Å². The lowest BCUT2D eigenvalue weighted by Gasteiger charge is -2.14. The van der Waals surface area contributed by atoms with E-state index in [0.717, 1.165) is 28.5 Å². The molecule has 0 fully saturated rings. The minimum atomic E-state index is 0.599. The molecule has 0 aliphatic rings. The SMILES string of the molecule is COc1ccc(CNc2cc(C)nc(Nc3c(C)cc(C)cc3C)n2)cc1. The monoisotopic (exact) mass is 362 g/mol. The van der Waals surface area contributed by atoms with Gasteiger partial charge in [-0.2, -0.15) is 4.98 Å². The molecule has 1 aromatic heterocycles. The molecule has 27 heavy (non-hydrogen) atoms. The minimum Gasteiger partial charge on any atom is -0.497 e. The summed E-state index contributed by atoms with van der Waals surface area (Å²) in [4.78, 5) is 9.16. The van der Waals surface area contributed by atoms with Crippen molar-refractivity contribution in [3.8, 4) is 5.75 Å². The molecule has 3 aromatic rings. The second-order valence-corrected chi connectivity index (χ2v) is 6.82. The van der Waals surface area contributed by atoms with Crippen LogP contribution in [0.1, 0.15) is 27.9 Å². The van der Waals surface area contributed by atoms with Crippen molar-refractivity contribution in [3.05, 3.63) is 70.4 Å². The Morgan fingerprint density at radius 1 is 0.889 bits per heavy atom. The topological polar surface area (TPSA) is 59.1 Å². The molecular formula is C22H26N4O. The van der Waals surface area contributed by atoms with E-state index in [2.05, 4.69) is 53.5 Å². The number of methoxy groups -OCH3 is 1. The molecule has 0 amide bonds. The summed E-state index contributed by atoms with van der Waals surface area (Å²) in [6.45, 7) is 8.96. The van der Waals surface area contributed by atoms with E-state index < -0.39 is 0 Å². The maximum absolute atomic E-state index is 5.20. The van der Waals surface area contributed by atoms with Crippen molar-refractivity contribution in [2.45, 2.75) is 34.2 Å². The zero-order valence-electron chi connectivity index (χ0n) is 16.6. The van der Waals surface area contributed by atoms with E-state index in [-0.39, 0.29) is 0 Å². The fraction of sp³-hybridized carbons (Fsp3) is 0.273. The summed E-state index contributed by atoms with van der Waals surface area (Å²) in [7, 11) is 1.67. The first-order chi connectivity index (χ1) is 12.9. The Labute approximate surface area is 160 Å². The number of rotatable bonds is 6. The van der Waals surface area contributed by atoms with Crippen LogP contribution in [-0.2, 0) is 6.54 Å². The fourth-order valence-corrected chi connectivity index (χ4v) is 3.14. The largest absolute Gasteiger partial charge is 0.497 e. The van der Waals surface area contributed by atoms with Crippen LogP contribution in [0, 0.1) is 27.7 Å². The summed E-state index contributed by atoms with van der Waals surface area (Å²) in [6, 6.07) is 14.3. The fourth-order valence-electron chi connectivity index (χ4n) is 3.14. The van der Waals surface area contributed by atoms with Crippen LogP contribution in [0.4, 0.5) is 17.5 Å². The third-order valence-corrected chi connectivity index (χ3v) is 4.40. The minimum absolute atomic E-state index is 0.599. The summed E-state index contributed by atoms with van der Waals surface area (Å²) in [6.07, 6.45) is 0. The maximum Gasteiger partial charge on any atom is 0.229 e. The van der Waals surface area contributed by atoms with Crippen LogP contribution >= 0.6 is 0 Å². The lowest BCUT2D eigenvalue weighted by Crippen LogP contribution is -2.07. The molecule has 0 bridgehead atoms. The molecular weight excluding hydrogens is 336 g/mol. The molecule has 5 nitrogen and oxygen atoms in total. The normalized spacial score (nSPS) is 10.6. The molecule has 1 heterocycles. The standard InChI is InChI=1S/C22H26N4O/c1-14-10-15(2)21(16(3)11-14)26-22-24-17(4)12-20(25-22)23-13-18-6-8-19(27-5)9-7-18/h6-12H,13H2,1-5H3,(H2,23,24,25,26). The van der Waals surface area contributed by atoms with Crippen LogP contribution in [-0.4, -0.2) is 17.1 Å². The first-order valence-corrected chi connectivity index (χ1v) is 9.02. The summed E-state index contributed by atoms with van der Waals surface area (Å²) >= 11 is 0. The molecule has 2 N–H and O–H groups in total. The van der Waals surface area contributed by atoms with Gasteiger partial charge < -0.3 is 15.4 Å². The quantitative estimate of drug-likeness (QED) is 0.641. The number of nitrogens with zero attached hydrogens (tertiary/aromatic N) is 2. The number of ether oxygens (including phenoxy) is 1. The van der Waals surface area contributed by atoms with Gasteiger partial charge in [-0.05, 0) is 56.5 Å². The predicted molar refractivity (Wildman–Crippen MR) is 111 cm³/mol. The highest BCUT2D eigenvalue weighted by Crippen LogP contribution is 2.25. The molecule has 0 aliphatic heterocycles. The van der Waals surface area contributed by atoms with Gasteiger partial charge in [-0.3, -0.25) is 0 Å². The highest BCUT2D eigenvalue weighted by molar-refractivity contribution is 5.64. The molecule has 0 atom stereocenters. The average Bonchev–Trinajstić information content (AvgIpc) is 2.63. The van der Waals surface area contributed by atoms with Crippen molar-refractivity contribution >= 4 is 17.5 Å². The van der Waals surface area contributed by atoms with E-state index in [0.29, 0.717) is 12.5 Å². The van der Waals surface area contributed by atoms with Gasteiger partial charge in [0.2, 0.25) is 5.95 Å². The van der Waals surface area contributed by atoms with E-state index in [4.69, 9.17) is 4.74 Å². The van der Waals surface area contributed by atoms with Crippen molar-refractivity contribution in [1.29, 1.82) is 0 Å². The van der Waals surface area contributed by atoms with Crippen molar-refractivity contribution < 1.29 is 4.74 Å². The van der Waals surface area contributed by atoms with Crippen molar-refractivity contribution in [3.63, 3.8) is 0 Å². The van der Waals surface area contributed by atoms with E-state index in [1.807, 2.05) is 37.3 Å². The summed E-state index contributed by atoms with van der Waals surface area (Å²) in [5.41, 5.74) is 6.75. The number of benzene rings is 2. The van der Waals surface area contributed by atoms with Crippen molar-refractivity contribution in [2.75, 3.05) is 17.7 Å². The van der Waals surface area contributed by atoms with Crippen molar-refractivity contribution in [2.24, 2.45) is 0 Å². The third kappa shape index (κ3) is 4.76. The Hall–Kier alpha value is -3.08. The number of aryl methyl sites for hydroxylation is 4. The van der Waals surface area contributed by atoms with Gasteiger partial charge in [-0.15, -0.1) is 0 Å². The van der Waals surface area contributed by atoms with Gasteiger partial charge in [-0.25, -0.2) is 4.98 Å². The number of aromatic nitrogens is 2. The Bertz CT molecular complexity index is 913. The average molecular weight is 362 g/mol. The van der Waals surface area contributed by atoms with Gasteiger partial charge in [0, 0.05) is 24.0 Å². The molecule has 2 aromatic carbocycles. The van der Waals surface area contributed by atoms with Crippen LogP contribution in [0.25, 0.3) is 0 Å². The smallest absolute Gasteiger partial charge is 0.229 e. The highest BCUT2D eigenvalue weighted by Gasteiger charge is 2.08. The lowest BCUT2D eigenvalue weighted by molar-refractivity contribution is 0.414. The zero-order valence-corrected chi connectivity index (χ0v) is 16.6. The molecule has 0 spiro atoms. The second kappa shape index (κ2) is 8.08. The van der Waals surface area contributed by atoms with Crippen molar-refractivity contribution in [1.82, 2.24) is 9.97 Å². The van der Waals surface area contributed by atoms with E-state index in [1.165, 1.54) is 16.7 Å². The Morgan fingerprint density at radius 2 is 1.56 bits per heavy atom. The Morgan fingerprint density at radius 3 is 2.19 bits per heavy atom. The first kappa shape index (κ1) is 18.7. The summed E-state index contributed by atoms with van der Waals surface area (Å²) < 4.78 is 5.20. The van der Waals surface area contributed by atoms with Gasteiger partial charge in [0.25, 0.3) is 0 Å².